The number of amides is 3. The molecule has 1 atom stereocenters. The lowest BCUT2D eigenvalue weighted by Gasteiger charge is -2.36. The number of carbonyl (C=O) groups excluding carboxylic acids is 2. The fourth-order valence-electron chi connectivity index (χ4n) is 3.71. The van der Waals surface area contributed by atoms with Crippen LogP contribution in [0.15, 0.2) is 30.3 Å². The van der Waals surface area contributed by atoms with Crippen molar-refractivity contribution in [1.29, 1.82) is 0 Å². The highest BCUT2D eigenvalue weighted by Crippen LogP contribution is 2.17. The minimum absolute atomic E-state index is 0.0611. The van der Waals surface area contributed by atoms with Gasteiger partial charge in [-0.2, -0.15) is 0 Å². The fraction of sp³-hybridized carbons (Fsp3) is 0.579. The Kier molecular flexibility index (Phi) is 6.46. The monoisotopic (exact) mass is 360 g/mol. The molecule has 7 nitrogen and oxygen atoms in total. The molecule has 0 saturated carbocycles. The number of urea groups is 1. The molecule has 142 valence electrons. The third kappa shape index (κ3) is 4.53. The highest BCUT2D eigenvalue weighted by molar-refractivity contribution is 5.97. The van der Waals surface area contributed by atoms with Gasteiger partial charge in [0.2, 0.25) is 5.91 Å². The Balaban J connectivity index is 1.44. The third-order valence-electron chi connectivity index (χ3n) is 5.21. The minimum Gasteiger partial charge on any atom is -0.395 e. The second kappa shape index (κ2) is 9.00. The van der Waals surface area contributed by atoms with Crippen molar-refractivity contribution in [3.8, 4) is 0 Å². The smallest absolute Gasteiger partial charge is 0.317 e. The van der Waals surface area contributed by atoms with E-state index in [9.17, 15) is 14.7 Å². The largest absolute Gasteiger partial charge is 0.395 e. The van der Waals surface area contributed by atoms with Gasteiger partial charge in [0.15, 0.2) is 0 Å². The highest BCUT2D eigenvalue weighted by atomic mass is 16.3. The molecule has 2 N–H and O–H groups in total. The Hall–Kier alpha value is -2.12. The van der Waals surface area contributed by atoms with Crippen molar-refractivity contribution < 1.29 is 14.7 Å². The van der Waals surface area contributed by atoms with Crippen molar-refractivity contribution in [2.24, 2.45) is 0 Å². The molecule has 0 aliphatic carbocycles. The SMILES string of the molecule is O=C(NCCN1CCCC[C@@H]1CO)N1CCN(c2ccccc2)C(=O)C1. The quantitative estimate of drug-likeness (QED) is 0.818. The number of hydrogen-bond acceptors (Lipinski definition) is 4. The molecule has 26 heavy (non-hydrogen) atoms. The summed E-state index contributed by atoms with van der Waals surface area (Å²) < 4.78 is 0. The van der Waals surface area contributed by atoms with Gasteiger partial charge < -0.3 is 20.2 Å². The van der Waals surface area contributed by atoms with Gasteiger partial charge >= 0.3 is 6.03 Å². The predicted octanol–water partition coefficient (Wildman–Crippen LogP) is 0.892. The summed E-state index contributed by atoms with van der Waals surface area (Å²) in [7, 11) is 0. The van der Waals surface area contributed by atoms with Crippen LogP contribution in [0.25, 0.3) is 0 Å². The van der Waals surface area contributed by atoms with Gasteiger partial charge in [0.05, 0.1) is 6.61 Å². The summed E-state index contributed by atoms with van der Waals surface area (Å²) in [5, 5.41) is 12.4. The number of piperidine rings is 1. The maximum absolute atomic E-state index is 12.4. The number of anilines is 1. The second-order valence-electron chi connectivity index (χ2n) is 6.90. The number of benzene rings is 1. The van der Waals surface area contributed by atoms with E-state index in [2.05, 4.69) is 10.2 Å². The molecule has 1 aromatic carbocycles. The van der Waals surface area contributed by atoms with Crippen LogP contribution in [-0.4, -0.2) is 78.8 Å². The van der Waals surface area contributed by atoms with Crippen LogP contribution in [0.3, 0.4) is 0 Å². The third-order valence-corrected chi connectivity index (χ3v) is 5.21. The first kappa shape index (κ1) is 18.7. The number of aliphatic hydroxyl groups excluding tert-OH is 1. The molecule has 2 saturated heterocycles. The topological polar surface area (TPSA) is 76.1 Å². The molecule has 2 heterocycles. The van der Waals surface area contributed by atoms with E-state index >= 15 is 0 Å². The number of carbonyl (C=O) groups is 2. The molecule has 0 radical (unpaired) electrons. The average Bonchev–Trinajstić information content (AvgIpc) is 2.69. The first-order valence-electron chi connectivity index (χ1n) is 9.42. The Labute approximate surface area is 154 Å². The number of aliphatic hydroxyl groups is 1. The van der Waals surface area contributed by atoms with E-state index < -0.39 is 0 Å². The molecule has 0 bridgehead atoms. The maximum atomic E-state index is 12.4. The van der Waals surface area contributed by atoms with Crippen LogP contribution >= 0.6 is 0 Å². The van der Waals surface area contributed by atoms with Gasteiger partial charge in [-0.25, -0.2) is 4.79 Å². The van der Waals surface area contributed by atoms with Crippen LogP contribution in [0, 0.1) is 0 Å². The van der Waals surface area contributed by atoms with E-state index in [1.807, 2.05) is 30.3 Å². The Morgan fingerprint density at radius 2 is 1.96 bits per heavy atom. The molecule has 2 aliphatic rings. The number of likely N-dealkylation sites (tertiary alicyclic amines) is 1. The Morgan fingerprint density at radius 1 is 1.15 bits per heavy atom. The molecular weight excluding hydrogens is 332 g/mol. The van der Waals surface area contributed by atoms with Crippen LogP contribution in [0.2, 0.25) is 0 Å². The molecule has 2 aliphatic heterocycles. The fourth-order valence-corrected chi connectivity index (χ4v) is 3.71. The highest BCUT2D eigenvalue weighted by Gasteiger charge is 2.28. The van der Waals surface area contributed by atoms with E-state index in [-0.39, 0.29) is 31.1 Å². The van der Waals surface area contributed by atoms with Crippen LogP contribution in [0.5, 0.6) is 0 Å². The van der Waals surface area contributed by atoms with Crippen LogP contribution in [0.1, 0.15) is 19.3 Å². The molecule has 0 spiro atoms. The second-order valence-corrected chi connectivity index (χ2v) is 6.90. The normalized spacial score (nSPS) is 21.7. The maximum Gasteiger partial charge on any atom is 0.317 e. The van der Waals surface area contributed by atoms with Crippen molar-refractivity contribution >= 4 is 17.6 Å². The summed E-state index contributed by atoms with van der Waals surface area (Å²) in [6, 6.07) is 9.55. The van der Waals surface area contributed by atoms with E-state index in [1.165, 1.54) is 0 Å². The van der Waals surface area contributed by atoms with Gasteiger partial charge in [-0.05, 0) is 31.5 Å². The van der Waals surface area contributed by atoms with Gasteiger partial charge in [0.25, 0.3) is 0 Å². The van der Waals surface area contributed by atoms with Crippen molar-refractivity contribution in [3.05, 3.63) is 30.3 Å². The molecule has 0 unspecified atom stereocenters. The summed E-state index contributed by atoms with van der Waals surface area (Å²) in [5.74, 6) is -0.0611. The zero-order valence-electron chi connectivity index (χ0n) is 15.1. The summed E-state index contributed by atoms with van der Waals surface area (Å²) in [6.07, 6.45) is 3.31. The predicted molar refractivity (Wildman–Crippen MR) is 100 cm³/mol. The lowest BCUT2D eigenvalue weighted by atomic mass is 10.0. The minimum atomic E-state index is -0.191. The summed E-state index contributed by atoms with van der Waals surface area (Å²) >= 11 is 0. The Bertz CT molecular complexity index is 610. The van der Waals surface area contributed by atoms with Crippen LogP contribution in [0.4, 0.5) is 10.5 Å². The molecular formula is C19H28N4O3. The number of rotatable bonds is 5. The van der Waals surface area contributed by atoms with Crippen molar-refractivity contribution in [2.75, 3.05) is 50.8 Å². The number of hydrogen-bond donors (Lipinski definition) is 2. The molecule has 3 amide bonds. The molecule has 7 heteroatoms. The van der Waals surface area contributed by atoms with Crippen molar-refractivity contribution in [3.63, 3.8) is 0 Å². The lowest BCUT2D eigenvalue weighted by molar-refractivity contribution is -0.120. The first-order valence-corrected chi connectivity index (χ1v) is 9.42. The van der Waals surface area contributed by atoms with Crippen LogP contribution in [-0.2, 0) is 4.79 Å². The summed E-state index contributed by atoms with van der Waals surface area (Å²) in [6.45, 7) is 3.53. The number of nitrogens with one attached hydrogen (secondary N) is 1. The van der Waals surface area contributed by atoms with Crippen molar-refractivity contribution in [2.45, 2.75) is 25.3 Å². The zero-order chi connectivity index (χ0) is 18.4. The van der Waals surface area contributed by atoms with Gasteiger partial charge in [0, 0.05) is 37.9 Å². The number of piperazine rings is 1. The van der Waals surface area contributed by atoms with Crippen molar-refractivity contribution in [1.82, 2.24) is 15.1 Å². The van der Waals surface area contributed by atoms with E-state index in [0.29, 0.717) is 19.6 Å². The van der Waals surface area contributed by atoms with Gasteiger partial charge in [-0.15, -0.1) is 0 Å². The number of para-hydroxylation sites is 1. The van der Waals surface area contributed by atoms with E-state index in [1.54, 1.807) is 9.80 Å². The number of nitrogens with zero attached hydrogens (tertiary/aromatic N) is 3. The molecule has 1 aromatic rings. The lowest BCUT2D eigenvalue weighted by Crippen LogP contribution is -2.55. The van der Waals surface area contributed by atoms with Gasteiger partial charge in [-0.1, -0.05) is 24.6 Å². The average molecular weight is 360 g/mol. The standard InChI is InChI=1S/C19H28N4O3/c24-15-17-8-4-5-10-21(17)11-9-20-19(26)22-12-13-23(18(25)14-22)16-6-2-1-3-7-16/h1-3,6-7,17,24H,4-5,8-15H2,(H,20,26)/t17-/m1/s1. The van der Waals surface area contributed by atoms with Gasteiger partial charge in [-0.3, -0.25) is 9.69 Å². The molecule has 3 rings (SSSR count). The van der Waals surface area contributed by atoms with E-state index in [4.69, 9.17) is 0 Å². The van der Waals surface area contributed by atoms with Gasteiger partial charge in [0.1, 0.15) is 6.54 Å². The Morgan fingerprint density at radius 3 is 2.69 bits per heavy atom. The zero-order valence-corrected chi connectivity index (χ0v) is 15.1. The molecule has 0 aromatic heterocycles. The summed E-state index contributed by atoms with van der Waals surface area (Å²) in [5.41, 5.74) is 0.873. The summed E-state index contributed by atoms with van der Waals surface area (Å²) in [4.78, 5) is 30.3. The van der Waals surface area contributed by atoms with Crippen LogP contribution < -0.4 is 10.2 Å². The molecule has 2 fully saturated rings. The van der Waals surface area contributed by atoms with E-state index in [0.717, 1.165) is 38.0 Å². The first-order chi connectivity index (χ1) is 12.7.